The van der Waals surface area contributed by atoms with Gasteiger partial charge in [-0.1, -0.05) is 18.2 Å². The molecule has 3 N–H and O–H groups in total. The molecule has 0 aliphatic rings. The van der Waals surface area contributed by atoms with Crippen molar-refractivity contribution >= 4 is 17.7 Å². The van der Waals surface area contributed by atoms with Crippen molar-refractivity contribution in [3.8, 4) is 0 Å². The fourth-order valence-electron chi connectivity index (χ4n) is 1.26. The molecule has 0 amide bonds. The summed E-state index contributed by atoms with van der Waals surface area (Å²) in [6, 6.07) is 5.12. The van der Waals surface area contributed by atoms with Gasteiger partial charge in [0.2, 0.25) is 0 Å². The molecule has 0 atom stereocenters. The number of nitrogens with two attached hydrogens (primary N) is 1. The van der Waals surface area contributed by atoms with E-state index in [0.717, 1.165) is 5.56 Å². The molecule has 4 heteroatoms. The molecule has 0 radical (unpaired) electrons. The molecule has 0 fully saturated rings. The van der Waals surface area contributed by atoms with E-state index in [2.05, 4.69) is 4.74 Å². The highest BCUT2D eigenvalue weighted by Gasteiger charge is 2.09. The second kappa shape index (κ2) is 5.92. The Morgan fingerprint density at radius 2 is 2.31 bits per heavy atom. The van der Waals surface area contributed by atoms with Crippen molar-refractivity contribution in [2.75, 3.05) is 19.5 Å². The molecule has 0 spiro atoms. The second-order valence-corrected chi connectivity index (χ2v) is 3.25. The van der Waals surface area contributed by atoms with Crippen molar-refractivity contribution in [3.05, 3.63) is 35.4 Å². The fraction of sp³-hybridized carbons (Fsp3) is 0.250. The highest BCUT2D eigenvalue weighted by molar-refractivity contribution is 5.95. The van der Waals surface area contributed by atoms with E-state index in [1.165, 1.54) is 7.11 Å². The number of methoxy groups -OCH3 is 1. The minimum Gasteiger partial charge on any atom is -0.465 e. The normalized spacial score (nSPS) is 10.6. The smallest absolute Gasteiger partial charge is 0.339 e. The van der Waals surface area contributed by atoms with Crippen LogP contribution < -0.4 is 5.73 Å². The Labute approximate surface area is 94.3 Å². The van der Waals surface area contributed by atoms with E-state index < -0.39 is 5.97 Å². The Morgan fingerprint density at radius 1 is 1.56 bits per heavy atom. The van der Waals surface area contributed by atoms with E-state index in [1.807, 2.05) is 12.2 Å². The molecule has 1 aromatic carbocycles. The number of anilines is 1. The molecule has 0 bridgehead atoms. The lowest BCUT2D eigenvalue weighted by Gasteiger charge is -2.04. The van der Waals surface area contributed by atoms with Crippen LogP contribution in [0.3, 0.4) is 0 Å². The van der Waals surface area contributed by atoms with Crippen molar-refractivity contribution in [1.29, 1.82) is 0 Å². The van der Waals surface area contributed by atoms with Gasteiger partial charge in [0.05, 0.1) is 12.7 Å². The monoisotopic (exact) mass is 221 g/mol. The van der Waals surface area contributed by atoms with Crippen LogP contribution >= 0.6 is 0 Å². The zero-order chi connectivity index (χ0) is 12.0. The van der Waals surface area contributed by atoms with Gasteiger partial charge in [-0.3, -0.25) is 0 Å². The van der Waals surface area contributed by atoms with Crippen molar-refractivity contribution in [1.82, 2.24) is 0 Å². The zero-order valence-electron chi connectivity index (χ0n) is 9.14. The summed E-state index contributed by atoms with van der Waals surface area (Å²) in [7, 11) is 1.32. The Hall–Kier alpha value is -1.81. The maximum Gasteiger partial charge on any atom is 0.339 e. The maximum atomic E-state index is 11.4. The lowest BCUT2D eigenvalue weighted by atomic mass is 10.1. The molecule has 0 saturated heterocycles. The number of hydrogen-bond donors (Lipinski definition) is 2. The van der Waals surface area contributed by atoms with Crippen LogP contribution in [0.25, 0.3) is 6.08 Å². The van der Waals surface area contributed by atoms with Crippen LogP contribution in [0.5, 0.6) is 0 Å². The van der Waals surface area contributed by atoms with Gasteiger partial charge in [0.1, 0.15) is 0 Å². The second-order valence-electron chi connectivity index (χ2n) is 3.25. The third-order valence-electron chi connectivity index (χ3n) is 2.09. The SMILES string of the molecule is COC(=O)c1cc(C=CCCO)ccc1N. The van der Waals surface area contributed by atoms with Gasteiger partial charge in [-0.2, -0.15) is 0 Å². The lowest BCUT2D eigenvalue weighted by Crippen LogP contribution is -2.05. The summed E-state index contributed by atoms with van der Waals surface area (Å²) in [5.74, 6) is -0.449. The highest BCUT2D eigenvalue weighted by atomic mass is 16.5. The Morgan fingerprint density at radius 3 is 2.94 bits per heavy atom. The van der Waals surface area contributed by atoms with Crippen molar-refractivity contribution in [2.24, 2.45) is 0 Å². The van der Waals surface area contributed by atoms with Crippen LogP contribution in [0, 0.1) is 0 Å². The minimum atomic E-state index is -0.449. The summed E-state index contributed by atoms with van der Waals surface area (Å²) in [6.45, 7) is 0.106. The number of hydrogen-bond acceptors (Lipinski definition) is 4. The van der Waals surface area contributed by atoms with Crippen molar-refractivity contribution < 1.29 is 14.6 Å². The molecule has 0 aromatic heterocycles. The van der Waals surface area contributed by atoms with Crippen molar-refractivity contribution in [2.45, 2.75) is 6.42 Å². The van der Waals surface area contributed by atoms with Gasteiger partial charge >= 0.3 is 5.97 Å². The number of carbonyl (C=O) groups excluding carboxylic acids is 1. The van der Waals surface area contributed by atoms with Crippen LogP contribution in [-0.4, -0.2) is 24.8 Å². The van der Waals surface area contributed by atoms with Gasteiger partial charge in [0.15, 0.2) is 0 Å². The number of benzene rings is 1. The number of carbonyl (C=O) groups is 1. The molecule has 0 unspecified atom stereocenters. The molecule has 0 aliphatic heterocycles. The largest absolute Gasteiger partial charge is 0.465 e. The summed E-state index contributed by atoms with van der Waals surface area (Å²) in [4.78, 5) is 11.4. The zero-order valence-corrected chi connectivity index (χ0v) is 9.14. The molecule has 0 heterocycles. The Balaban J connectivity index is 2.93. The van der Waals surface area contributed by atoms with E-state index in [9.17, 15) is 4.79 Å². The van der Waals surface area contributed by atoms with Crippen LogP contribution in [0.15, 0.2) is 24.3 Å². The molecule has 86 valence electrons. The third kappa shape index (κ3) is 3.10. The van der Waals surface area contributed by atoms with E-state index in [4.69, 9.17) is 10.8 Å². The van der Waals surface area contributed by atoms with Gasteiger partial charge < -0.3 is 15.6 Å². The molecule has 1 rings (SSSR count). The van der Waals surface area contributed by atoms with Crippen LogP contribution in [-0.2, 0) is 4.74 Å². The maximum absolute atomic E-state index is 11.4. The Bertz CT molecular complexity index is 399. The van der Waals surface area contributed by atoms with Crippen LogP contribution in [0.2, 0.25) is 0 Å². The number of aliphatic hydroxyl groups excluding tert-OH is 1. The molecule has 0 aliphatic carbocycles. The first-order valence-electron chi connectivity index (χ1n) is 4.94. The quantitative estimate of drug-likeness (QED) is 0.596. The number of rotatable bonds is 4. The van der Waals surface area contributed by atoms with E-state index >= 15 is 0 Å². The molecule has 4 nitrogen and oxygen atoms in total. The predicted molar refractivity (Wildman–Crippen MR) is 62.9 cm³/mol. The first-order chi connectivity index (χ1) is 7.69. The summed E-state index contributed by atoms with van der Waals surface area (Å²) < 4.78 is 4.61. The third-order valence-corrected chi connectivity index (χ3v) is 2.09. The lowest BCUT2D eigenvalue weighted by molar-refractivity contribution is 0.0602. The van der Waals surface area contributed by atoms with Crippen LogP contribution in [0.4, 0.5) is 5.69 Å². The topological polar surface area (TPSA) is 72.5 Å². The van der Waals surface area contributed by atoms with Gasteiger partial charge in [0.25, 0.3) is 0 Å². The summed E-state index contributed by atoms with van der Waals surface area (Å²) >= 11 is 0. The molecule has 1 aromatic rings. The van der Waals surface area contributed by atoms with E-state index in [1.54, 1.807) is 18.2 Å². The average molecular weight is 221 g/mol. The number of esters is 1. The number of nitrogen functional groups attached to an aromatic ring is 1. The standard InChI is InChI=1S/C12H15NO3/c1-16-12(15)10-8-9(4-2-3-7-14)5-6-11(10)13/h2,4-6,8,14H,3,7,13H2,1H3. The van der Waals surface area contributed by atoms with Gasteiger partial charge in [-0.15, -0.1) is 0 Å². The molecule has 0 saturated carbocycles. The summed E-state index contributed by atoms with van der Waals surface area (Å²) in [5, 5.41) is 8.62. The van der Waals surface area contributed by atoms with Crippen molar-refractivity contribution in [3.63, 3.8) is 0 Å². The van der Waals surface area contributed by atoms with Gasteiger partial charge in [-0.05, 0) is 24.1 Å². The minimum absolute atomic E-state index is 0.106. The summed E-state index contributed by atoms with van der Waals surface area (Å²) in [6.07, 6.45) is 4.23. The summed E-state index contributed by atoms with van der Waals surface area (Å²) in [5.41, 5.74) is 7.26. The molecular weight excluding hydrogens is 206 g/mol. The molecular formula is C12H15NO3. The highest BCUT2D eigenvalue weighted by Crippen LogP contribution is 2.16. The number of ether oxygens (including phenoxy) is 1. The van der Waals surface area contributed by atoms with Gasteiger partial charge in [0, 0.05) is 12.3 Å². The molecule has 16 heavy (non-hydrogen) atoms. The fourth-order valence-corrected chi connectivity index (χ4v) is 1.26. The van der Waals surface area contributed by atoms with Crippen LogP contribution in [0.1, 0.15) is 22.3 Å². The predicted octanol–water partition coefficient (Wildman–Crippen LogP) is 1.45. The first-order valence-corrected chi connectivity index (χ1v) is 4.94. The van der Waals surface area contributed by atoms with E-state index in [0.29, 0.717) is 17.7 Å². The van der Waals surface area contributed by atoms with Gasteiger partial charge in [-0.25, -0.2) is 4.79 Å². The average Bonchev–Trinajstić information content (AvgIpc) is 2.30. The van der Waals surface area contributed by atoms with E-state index in [-0.39, 0.29) is 6.61 Å². The first kappa shape index (κ1) is 12.3. The Kier molecular flexibility index (Phi) is 4.54. The number of aliphatic hydroxyl groups is 1.